The summed E-state index contributed by atoms with van der Waals surface area (Å²) in [5, 5.41) is 2.83. The van der Waals surface area contributed by atoms with Gasteiger partial charge in [-0.2, -0.15) is 0 Å². The molecule has 154 valence electrons. The number of carbonyl (C=O) groups excluding carboxylic acids is 2. The first-order valence-electron chi connectivity index (χ1n) is 8.97. The van der Waals surface area contributed by atoms with E-state index in [0.29, 0.717) is 18.0 Å². The molecule has 0 aliphatic rings. The van der Waals surface area contributed by atoms with Crippen LogP contribution in [0.1, 0.15) is 17.5 Å². The molecular weight excluding hydrogens is 502 g/mol. The molecule has 3 N–H and O–H groups in total. The van der Waals surface area contributed by atoms with Gasteiger partial charge in [0.2, 0.25) is 5.91 Å². The summed E-state index contributed by atoms with van der Waals surface area (Å²) in [4.78, 5) is 23.9. The van der Waals surface area contributed by atoms with Crippen LogP contribution in [0.5, 0.6) is 5.75 Å². The molecule has 6 nitrogen and oxygen atoms in total. The fourth-order valence-corrected chi connectivity index (χ4v) is 3.48. The molecule has 0 fully saturated rings. The van der Waals surface area contributed by atoms with Gasteiger partial charge in [-0.15, -0.1) is 0 Å². The van der Waals surface area contributed by atoms with Crippen molar-refractivity contribution in [3.05, 3.63) is 74.8 Å². The Morgan fingerprint density at radius 2 is 1.76 bits per heavy atom. The van der Waals surface area contributed by atoms with Crippen LogP contribution in [0.4, 0.5) is 0 Å². The fraction of sp³-hybridized carbons (Fsp3) is 0.238. The molecule has 2 aromatic rings. The van der Waals surface area contributed by atoms with Crippen LogP contribution in [0, 0.1) is 6.92 Å². The second kappa shape index (κ2) is 11.6. The van der Waals surface area contributed by atoms with Gasteiger partial charge in [-0.3, -0.25) is 15.0 Å². The summed E-state index contributed by atoms with van der Waals surface area (Å²) < 4.78 is 7.20. The van der Waals surface area contributed by atoms with Crippen molar-refractivity contribution in [3.63, 3.8) is 0 Å². The maximum Gasteiger partial charge on any atom is 0.276 e. The van der Waals surface area contributed by atoms with E-state index in [9.17, 15) is 9.59 Å². The lowest BCUT2D eigenvalue weighted by Crippen LogP contribution is -2.40. The summed E-state index contributed by atoms with van der Waals surface area (Å²) in [5.41, 5.74) is 7.64. The van der Waals surface area contributed by atoms with Crippen LogP contribution in [0.15, 0.2) is 63.7 Å². The lowest BCUT2D eigenvalue weighted by atomic mass is 10.1. The molecule has 0 aliphatic heterocycles. The Balaban J connectivity index is 1.64. The SMILES string of the molecule is C=C(CC(=O)NCCc1ccccc1)NNC(=O)COc1cc(C)c(Br)cc1Br. The van der Waals surface area contributed by atoms with Crippen molar-refractivity contribution in [2.75, 3.05) is 13.2 Å². The Morgan fingerprint density at radius 3 is 2.48 bits per heavy atom. The van der Waals surface area contributed by atoms with Crippen LogP contribution >= 0.6 is 31.9 Å². The van der Waals surface area contributed by atoms with Gasteiger partial charge in [-0.1, -0.05) is 52.8 Å². The average molecular weight is 525 g/mol. The Labute approximate surface area is 187 Å². The van der Waals surface area contributed by atoms with Crippen molar-refractivity contribution in [1.82, 2.24) is 16.2 Å². The molecule has 0 aromatic heterocycles. The fourth-order valence-electron chi connectivity index (χ4n) is 2.37. The van der Waals surface area contributed by atoms with Gasteiger partial charge in [0.25, 0.3) is 5.91 Å². The van der Waals surface area contributed by atoms with E-state index in [0.717, 1.165) is 26.5 Å². The zero-order chi connectivity index (χ0) is 21.2. The molecule has 0 unspecified atom stereocenters. The molecule has 2 aromatic carbocycles. The van der Waals surface area contributed by atoms with Crippen molar-refractivity contribution < 1.29 is 14.3 Å². The molecule has 0 aliphatic carbocycles. The van der Waals surface area contributed by atoms with Crippen LogP contribution in [0.3, 0.4) is 0 Å². The van der Waals surface area contributed by atoms with Crippen LogP contribution in [0.25, 0.3) is 0 Å². The Morgan fingerprint density at radius 1 is 1.03 bits per heavy atom. The van der Waals surface area contributed by atoms with Gasteiger partial charge in [0.05, 0.1) is 10.9 Å². The van der Waals surface area contributed by atoms with Gasteiger partial charge in [0, 0.05) is 16.7 Å². The molecule has 29 heavy (non-hydrogen) atoms. The van der Waals surface area contributed by atoms with E-state index < -0.39 is 0 Å². The first-order valence-corrected chi connectivity index (χ1v) is 10.6. The van der Waals surface area contributed by atoms with Crippen molar-refractivity contribution in [2.24, 2.45) is 0 Å². The number of nitrogens with one attached hydrogen (secondary N) is 3. The maximum atomic E-state index is 11.9. The number of hydrogen-bond donors (Lipinski definition) is 3. The number of benzene rings is 2. The third kappa shape index (κ3) is 8.29. The lowest BCUT2D eigenvalue weighted by molar-refractivity contribution is -0.124. The molecule has 0 bridgehead atoms. The highest BCUT2D eigenvalue weighted by atomic mass is 79.9. The normalized spacial score (nSPS) is 10.2. The summed E-state index contributed by atoms with van der Waals surface area (Å²) >= 11 is 6.83. The zero-order valence-electron chi connectivity index (χ0n) is 16.1. The molecule has 0 spiro atoms. The molecule has 0 atom stereocenters. The molecule has 8 heteroatoms. The molecule has 2 rings (SSSR count). The zero-order valence-corrected chi connectivity index (χ0v) is 19.2. The van der Waals surface area contributed by atoms with E-state index in [4.69, 9.17) is 4.74 Å². The van der Waals surface area contributed by atoms with E-state index in [1.807, 2.05) is 49.4 Å². The minimum Gasteiger partial charge on any atom is -0.483 e. The van der Waals surface area contributed by atoms with Crippen LogP contribution < -0.4 is 20.9 Å². The van der Waals surface area contributed by atoms with Gasteiger partial charge < -0.3 is 15.5 Å². The van der Waals surface area contributed by atoms with Crippen molar-refractivity contribution in [1.29, 1.82) is 0 Å². The third-order valence-corrected chi connectivity index (χ3v) is 5.38. The van der Waals surface area contributed by atoms with Crippen LogP contribution in [0.2, 0.25) is 0 Å². The predicted molar refractivity (Wildman–Crippen MR) is 120 cm³/mol. The largest absolute Gasteiger partial charge is 0.483 e. The second-order valence-electron chi connectivity index (χ2n) is 6.36. The van der Waals surface area contributed by atoms with Gasteiger partial charge in [0.1, 0.15) is 5.75 Å². The average Bonchev–Trinajstić information content (AvgIpc) is 2.69. The van der Waals surface area contributed by atoms with Gasteiger partial charge in [-0.05, 0) is 52.5 Å². The van der Waals surface area contributed by atoms with Crippen molar-refractivity contribution in [3.8, 4) is 5.75 Å². The quantitative estimate of drug-likeness (QED) is 0.413. The Kier molecular flexibility index (Phi) is 9.21. The highest BCUT2D eigenvalue weighted by Crippen LogP contribution is 2.31. The molecular formula is C21H23Br2N3O3. The minimum atomic E-state index is -0.386. The number of carbonyl (C=O) groups is 2. The summed E-state index contributed by atoms with van der Waals surface area (Å²) in [6, 6.07) is 13.6. The van der Waals surface area contributed by atoms with Crippen molar-refractivity contribution >= 4 is 43.7 Å². The molecule has 0 saturated heterocycles. The number of hydrazine groups is 1. The summed E-state index contributed by atoms with van der Waals surface area (Å²) in [5.74, 6) is 0.0128. The van der Waals surface area contributed by atoms with Crippen LogP contribution in [-0.4, -0.2) is 25.0 Å². The highest BCUT2D eigenvalue weighted by molar-refractivity contribution is 9.11. The van der Waals surface area contributed by atoms with Gasteiger partial charge in [0.15, 0.2) is 6.61 Å². The van der Waals surface area contributed by atoms with Gasteiger partial charge >= 0.3 is 0 Å². The predicted octanol–water partition coefficient (Wildman–Crippen LogP) is 3.78. The van der Waals surface area contributed by atoms with E-state index in [-0.39, 0.29) is 24.8 Å². The number of amides is 2. The number of halogens is 2. The van der Waals surface area contributed by atoms with E-state index in [1.165, 1.54) is 0 Å². The van der Waals surface area contributed by atoms with Crippen molar-refractivity contribution in [2.45, 2.75) is 19.8 Å². The minimum absolute atomic E-state index is 0.0629. The molecule has 0 saturated carbocycles. The van der Waals surface area contributed by atoms with E-state index in [2.05, 4.69) is 54.6 Å². The number of hydrogen-bond acceptors (Lipinski definition) is 4. The van der Waals surface area contributed by atoms with Crippen LogP contribution in [-0.2, 0) is 16.0 Å². The first-order chi connectivity index (χ1) is 13.8. The Hall–Kier alpha value is -2.32. The standard InChI is InChI=1S/C21H23Br2N3O3/c1-14-10-19(18(23)12-17(14)22)29-13-21(28)26-25-15(2)11-20(27)24-9-8-16-6-4-3-5-7-16/h3-7,10,12,25H,2,8-9,11,13H2,1H3,(H,24,27)(H,26,28). The molecule has 2 amide bonds. The molecule has 0 radical (unpaired) electrons. The molecule has 0 heterocycles. The van der Waals surface area contributed by atoms with Gasteiger partial charge in [-0.25, -0.2) is 0 Å². The maximum absolute atomic E-state index is 11.9. The smallest absolute Gasteiger partial charge is 0.276 e. The topological polar surface area (TPSA) is 79.5 Å². The summed E-state index contributed by atoms with van der Waals surface area (Å²) in [6.45, 7) is 6.04. The monoisotopic (exact) mass is 523 g/mol. The number of rotatable bonds is 10. The summed E-state index contributed by atoms with van der Waals surface area (Å²) in [6.07, 6.45) is 0.818. The number of ether oxygens (including phenoxy) is 1. The van der Waals surface area contributed by atoms with E-state index >= 15 is 0 Å². The summed E-state index contributed by atoms with van der Waals surface area (Å²) in [7, 11) is 0. The second-order valence-corrected chi connectivity index (χ2v) is 8.07. The van der Waals surface area contributed by atoms with E-state index in [1.54, 1.807) is 0 Å². The Bertz CT molecular complexity index is 873. The number of aryl methyl sites for hydroxylation is 1. The first kappa shape index (κ1) is 23.0. The highest BCUT2D eigenvalue weighted by Gasteiger charge is 2.09. The lowest BCUT2D eigenvalue weighted by Gasteiger charge is -2.13. The third-order valence-electron chi connectivity index (χ3n) is 3.90.